The Kier molecular flexibility index (Phi) is 11.4. The maximum absolute atomic E-state index is 15.5. The van der Waals surface area contributed by atoms with Gasteiger partial charge in [-0.1, -0.05) is 70.2 Å². The number of nitrogens with zero attached hydrogens (tertiary/aromatic N) is 3. The molecule has 10 nitrogen and oxygen atoms in total. The van der Waals surface area contributed by atoms with E-state index in [9.17, 15) is 0 Å². The molecule has 0 radical (unpaired) electrons. The quantitative estimate of drug-likeness (QED) is 0.119. The molecule has 1 aliphatic carbocycles. The van der Waals surface area contributed by atoms with Crippen LogP contribution in [0, 0.1) is 5.82 Å². The van der Waals surface area contributed by atoms with Gasteiger partial charge in [0.15, 0.2) is 20.1 Å². The lowest BCUT2D eigenvalue weighted by Crippen LogP contribution is -2.47. The second kappa shape index (κ2) is 15.2. The Morgan fingerprint density at radius 2 is 1.75 bits per heavy atom. The van der Waals surface area contributed by atoms with Crippen LogP contribution in [0.2, 0.25) is 48.8 Å². The van der Waals surface area contributed by atoms with Crippen molar-refractivity contribution in [3.05, 3.63) is 51.8 Å². The van der Waals surface area contributed by atoms with E-state index in [1.807, 2.05) is 18.2 Å². The van der Waals surface area contributed by atoms with Gasteiger partial charge in [0.25, 0.3) is 0 Å². The molecule has 0 N–H and O–H groups in total. The van der Waals surface area contributed by atoms with Crippen molar-refractivity contribution in [2.45, 2.75) is 115 Å². The molecule has 2 aromatic heterocycles. The monoisotopic (exact) mass is 761 g/mol. The van der Waals surface area contributed by atoms with Crippen LogP contribution in [0.5, 0.6) is 11.9 Å². The van der Waals surface area contributed by atoms with E-state index in [-0.39, 0.29) is 46.8 Å². The number of methoxy groups -OCH3 is 1. The molecule has 0 saturated carbocycles. The van der Waals surface area contributed by atoms with Crippen molar-refractivity contribution in [2.75, 3.05) is 33.5 Å². The first-order valence-electron chi connectivity index (χ1n) is 17.9. The zero-order valence-electron chi connectivity index (χ0n) is 31.4. The third kappa shape index (κ3) is 8.56. The molecule has 2 fully saturated rings. The molecule has 0 spiro atoms. The Balaban J connectivity index is 1.24. The summed E-state index contributed by atoms with van der Waals surface area (Å²) < 4.78 is 60.7. The lowest BCUT2D eigenvalue weighted by molar-refractivity contribution is 0.00686. The van der Waals surface area contributed by atoms with Gasteiger partial charge in [-0.3, -0.25) is 4.57 Å². The van der Waals surface area contributed by atoms with Gasteiger partial charge in [-0.25, -0.2) is 4.39 Å². The van der Waals surface area contributed by atoms with Crippen molar-refractivity contribution in [1.82, 2.24) is 14.5 Å². The number of aryl methyl sites for hydroxylation is 1. The van der Waals surface area contributed by atoms with Crippen molar-refractivity contribution in [3.63, 3.8) is 0 Å². The Bertz CT molecular complexity index is 1740. The van der Waals surface area contributed by atoms with Crippen LogP contribution in [0.1, 0.15) is 50.0 Å². The number of hydrogen-bond donors (Lipinski definition) is 0. The fourth-order valence-corrected chi connectivity index (χ4v) is 8.72. The van der Waals surface area contributed by atoms with E-state index in [0.29, 0.717) is 62.0 Å². The normalized spacial score (nSPS) is 23.8. The number of rotatable bonds is 14. The number of halogens is 2. The fourth-order valence-electron chi connectivity index (χ4n) is 6.46. The third-order valence-electron chi connectivity index (χ3n) is 10.4. The number of aromatic nitrogens is 3. The Hall–Kier alpha value is -2.37. The minimum atomic E-state index is -2.04. The number of benzene rings is 1. The van der Waals surface area contributed by atoms with Gasteiger partial charge >= 0.3 is 6.01 Å². The third-order valence-corrected chi connectivity index (χ3v) is 16.8. The van der Waals surface area contributed by atoms with Crippen LogP contribution >= 0.6 is 11.6 Å². The van der Waals surface area contributed by atoms with Crippen LogP contribution in [0.25, 0.3) is 17.2 Å². The highest BCUT2D eigenvalue weighted by Crippen LogP contribution is 2.42. The smallest absolute Gasteiger partial charge is 0.301 e. The van der Waals surface area contributed by atoms with E-state index >= 15 is 4.39 Å². The van der Waals surface area contributed by atoms with Crippen molar-refractivity contribution in [1.29, 1.82) is 0 Å². The SMILES string of the molecule is COC/C=C/c1cc(F)c2c(c1)CCC2Oc1nc2c(cc1Cl)nc(O[C@@H]1CO[C@@H]3C(O[Si](C)(C)C(C)(C)C)CO[C@@H]31)n2COCC[Si](C)(C)C. The first kappa shape index (κ1) is 38.4. The summed E-state index contributed by atoms with van der Waals surface area (Å²) in [5.74, 6) is -0.113. The maximum atomic E-state index is 15.5. The van der Waals surface area contributed by atoms with Gasteiger partial charge in [0.1, 0.15) is 41.4 Å². The lowest BCUT2D eigenvalue weighted by Gasteiger charge is -2.39. The molecule has 0 bridgehead atoms. The molecule has 14 heteroatoms. The minimum absolute atomic E-state index is 0.0668. The second-order valence-electron chi connectivity index (χ2n) is 16.5. The molecule has 1 aromatic carbocycles. The van der Waals surface area contributed by atoms with Gasteiger partial charge in [-0.15, -0.1) is 0 Å². The molecule has 280 valence electrons. The maximum Gasteiger partial charge on any atom is 0.301 e. The Morgan fingerprint density at radius 3 is 2.45 bits per heavy atom. The molecule has 51 heavy (non-hydrogen) atoms. The molecule has 4 heterocycles. The molecule has 2 saturated heterocycles. The predicted octanol–water partition coefficient (Wildman–Crippen LogP) is 8.20. The average Bonchev–Trinajstić information content (AvgIpc) is 3.80. The summed E-state index contributed by atoms with van der Waals surface area (Å²) in [6, 6.07) is 6.56. The number of fused-ring (bicyclic) bond motifs is 3. The van der Waals surface area contributed by atoms with E-state index in [1.165, 1.54) is 6.07 Å². The van der Waals surface area contributed by atoms with Crippen LogP contribution in [-0.4, -0.2) is 88.9 Å². The van der Waals surface area contributed by atoms with E-state index in [0.717, 1.165) is 17.2 Å². The summed E-state index contributed by atoms with van der Waals surface area (Å²) in [7, 11) is -1.74. The van der Waals surface area contributed by atoms with Gasteiger partial charge in [-0.2, -0.15) is 9.97 Å². The molecule has 6 rings (SSSR count). The summed E-state index contributed by atoms with van der Waals surface area (Å²) >= 11 is 6.76. The van der Waals surface area contributed by atoms with E-state index in [2.05, 4.69) is 53.5 Å². The standard InChI is InChI=1S/C37H53ClFN3O7Si2/c1-37(2,3)51(8,9)49-30-21-46-32-29(20-45-33(30)32)48-36-40-27-19-25(38)35(41-34(27)42(36)22-44-15-16-50(5,6)7)47-28-13-12-24-17-23(11-10-14-43-4)18-26(39)31(24)28/h10-11,17-19,28-30,32-33H,12-16,20-22H2,1-9H3/b11-10+/t28?,29-,30?,32-,33-/m1/s1. The molecule has 3 aliphatic rings. The van der Waals surface area contributed by atoms with Gasteiger partial charge in [0.05, 0.1) is 25.9 Å². The first-order chi connectivity index (χ1) is 24.0. The summed E-state index contributed by atoms with van der Waals surface area (Å²) in [6.45, 7) is 20.1. The molecule has 0 amide bonds. The van der Waals surface area contributed by atoms with Gasteiger partial charge in [-0.05, 0) is 60.3 Å². The highest BCUT2D eigenvalue weighted by molar-refractivity contribution is 6.76. The largest absolute Gasteiger partial charge is 0.468 e. The molecule has 2 aliphatic heterocycles. The molecule has 3 aromatic rings. The van der Waals surface area contributed by atoms with Crippen molar-refractivity contribution >= 4 is 45.2 Å². The van der Waals surface area contributed by atoms with E-state index < -0.39 is 28.6 Å². The Morgan fingerprint density at radius 1 is 1.02 bits per heavy atom. The van der Waals surface area contributed by atoms with Crippen LogP contribution in [0.3, 0.4) is 0 Å². The summed E-state index contributed by atoms with van der Waals surface area (Å²) in [5, 5.41) is 0.345. The van der Waals surface area contributed by atoms with Gasteiger partial charge < -0.3 is 32.8 Å². The molecular weight excluding hydrogens is 709 g/mol. The zero-order valence-corrected chi connectivity index (χ0v) is 34.1. The number of imidazole rings is 1. The van der Waals surface area contributed by atoms with Crippen molar-refractivity contribution < 1.29 is 37.2 Å². The summed E-state index contributed by atoms with van der Waals surface area (Å²) in [5.41, 5.74) is 3.26. The number of pyridine rings is 1. The van der Waals surface area contributed by atoms with Crippen LogP contribution < -0.4 is 9.47 Å². The Labute approximate surface area is 308 Å². The van der Waals surface area contributed by atoms with Gasteiger partial charge in [0, 0.05) is 27.4 Å². The molecule has 5 atom stereocenters. The summed E-state index contributed by atoms with van der Waals surface area (Å²) in [4.78, 5) is 9.65. The highest BCUT2D eigenvalue weighted by Gasteiger charge is 2.52. The lowest BCUT2D eigenvalue weighted by atomic mass is 10.0. The first-order valence-corrected chi connectivity index (χ1v) is 24.9. The van der Waals surface area contributed by atoms with Crippen molar-refractivity contribution in [3.8, 4) is 11.9 Å². The fraction of sp³-hybridized carbons (Fsp3) is 0.622. The van der Waals surface area contributed by atoms with Crippen molar-refractivity contribution in [2.24, 2.45) is 0 Å². The van der Waals surface area contributed by atoms with E-state index in [1.54, 1.807) is 17.7 Å². The predicted molar refractivity (Wildman–Crippen MR) is 202 cm³/mol. The van der Waals surface area contributed by atoms with Gasteiger partial charge in [0.2, 0.25) is 5.88 Å². The van der Waals surface area contributed by atoms with Crippen LogP contribution in [-0.2, 0) is 36.5 Å². The minimum Gasteiger partial charge on any atom is -0.468 e. The second-order valence-corrected chi connectivity index (χ2v) is 27.3. The van der Waals surface area contributed by atoms with E-state index in [4.69, 9.17) is 54.4 Å². The topological polar surface area (TPSA) is 95.3 Å². The van der Waals surface area contributed by atoms with Crippen LogP contribution in [0.15, 0.2) is 24.3 Å². The zero-order chi connectivity index (χ0) is 36.7. The summed E-state index contributed by atoms with van der Waals surface area (Å²) in [6.07, 6.45) is 3.38. The average molecular weight is 762 g/mol. The van der Waals surface area contributed by atoms with Crippen LogP contribution in [0.4, 0.5) is 4.39 Å². The molecular formula is C37H53ClFN3O7Si2. The number of hydrogen-bond acceptors (Lipinski definition) is 9. The molecule has 2 unspecified atom stereocenters. The highest BCUT2D eigenvalue weighted by atomic mass is 35.5. The number of ether oxygens (including phenoxy) is 6.